The molecule has 4 rings (SSSR count). The molecule has 3 heterocycles. The summed E-state index contributed by atoms with van der Waals surface area (Å²) in [7, 11) is -3.58. The molecule has 0 saturated carbocycles. The average Bonchev–Trinajstić information content (AvgIpc) is 3.12. The molecule has 1 amide bonds. The summed E-state index contributed by atoms with van der Waals surface area (Å²) >= 11 is 0. The van der Waals surface area contributed by atoms with Gasteiger partial charge < -0.3 is 10.0 Å². The van der Waals surface area contributed by atoms with Crippen molar-refractivity contribution in [1.82, 2.24) is 9.21 Å². The standard InChI is InChI=1S/C17H20N2O5S/c20-16(11-4-2-1-3-5-11)18-9-13(10-18)25(23,24)19-12-6-7-15(19)14(8-12)17(21)22/h1-5,12-15H,6-10H2,(H,21,22). The zero-order chi connectivity index (χ0) is 17.8. The number of carbonyl (C=O) groups excluding carboxylic acids is 1. The summed E-state index contributed by atoms with van der Waals surface area (Å²) in [4.78, 5) is 25.2. The molecule has 25 heavy (non-hydrogen) atoms. The third-order valence-corrected chi connectivity index (χ3v) is 7.96. The van der Waals surface area contributed by atoms with Crippen LogP contribution in [0.1, 0.15) is 29.6 Å². The van der Waals surface area contributed by atoms with Crippen molar-refractivity contribution >= 4 is 21.9 Å². The highest BCUT2D eigenvalue weighted by atomic mass is 32.2. The van der Waals surface area contributed by atoms with Gasteiger partial charge in [0.25, 0.3) is 5.91 Å². The number of likely N-dealkylation sites (tertiary alicyclic amines) is 1. The molecule has 8 heteroatoms. The van der Waals surface area contributed by atoms with Gasteiger partial charge in [0.15, 0.2) is 0 Å². The minimum Gasteiger partial charge on any atom is -0.481 e. The molecule has 1 aromatic rings. The van der Waals surface area contributed by atoms with Crippen molar-refractivity contribution in [2.24, 2.45) is 5.92 Å². The van der Waals surface area contributed by atoms with E-state index in [0.29, 0.717) is 18.4 Å². The SMILES string of the molecule is O=C(O)C1CC2CCC1N2S(=O)(=O)C1CN(C(=O)c2ccccc2)C1. The Hall–Kier alpha value is -1.93. The van der Waals surface area contributed by atoms with Gasteiger partial charge in [-0.05, 0) is 31.4 Å². The average molecular weight is 364 g/mol. The Morgan fingerprint density at radius 2 is 1.76 bits per heavy atom. The predicted molar refractivity (Wildman–Crippen MR) is 89.4 cm³/mol. The number of aliphatic carboxylic acids is 1. The highest BCUT2D eigenvalue weighted by Crippen LogP contribution is 2.45. The normalized spacial score (nSPS) is 29.6. The van der Waals surface area contributed by atoms with Crippen molar-refractivity contribution in [3.63, 3.8) is 0 Å². The largest absolute Gasteiger partial charge is 0.481 e. The molecule has 7 nitrogen and oxygen atoms in total. The predicted octanol–water partition coefficient (Wildman–Crippen LogP) is 0.778. The second-order valence-electron chi connectivity index (χ2n) is 7.05. The molecule has 3 aliphatic rings. The highest BCUT2D eigenvalue weighted by molar-refractivity contribution is 7.89. The molecule has 1 N–H and O–H groups in total. The summed E-state index contributed by atoms with van der Waals surface area (Å²) in [6, 6.07) is 8.17. The molecular weight excluding hydrogens is 344 g/mol. The Kier molecular flexibility index (Phi) is 3.84. The summed E-state index contributed by atoms with van der Waals surface area (Å²) in [6.07, 6.45) is 1.74. The van der Waals surface area contributed by atoms with Gasteiger partial charge >= 0.3 is 5.97 Å². The van der Waals surface area contributed by atoms with Gasteiger partial charge in [0.05, 0.1) is 5.92 Å². The molecule has 0 radical (unpaired) electrons. The molecule has 1 aromatic carbocycles. The van der Waals surface area contributed by atoms with E-state index in [1.54, 1.807) is 24.3 Å². The number of nitrogens with zero attached hydrogens (tertiary/aromatic N) is 2. The first-order valence-corrected chi connectivity index (χ1v) is 9.99. The van der Waals surface area contributed by atoms with E-state index in [4.69, 9.17) is 0 Å². The zero-order valence-electron chi connectivity index (χ0n) is 13.6. The minimum atomic E-state index is -3.58. The maximum Gasteiger partial charge on any atom is 0.308 e. The van der Waals surface area contributed by atoms with E-state index in [0.717, 1.165) is 6.42 Å². The number of hydrogen-bond donors (Lipinski definition) is 1. The number of rotatable bonds is 4. The molecule has 0 aliphatic carbocycles. The third-order valence-electron chi connectivity index (χ3n) is 5.66. The quantitative estimate of drug-likeness (QED) is 0.852. The van der Waals surface area contributed by atoms with Crippen LogP contribution in [0.15, 0.2) is 30.3 Å². The first kappa shape index (κ1) is 16.5. The maximum absolute atomic E-state index is 12.9. The maximum atomic E-state index is 12.9. The monoisotopic (exact) mass is 364 g/mol. The van der Waals surface area contributed by atoms with E-state index in [9.17, 15) is 23.1 Å². The van der Waals surface area contributed by atoms with Crippen LogP contribution in [0, 0.1) is 5.92 Å². The van der Waals surface area contributed by atoms with Gasteiger partial charge in [0, 0.05) is 30.7 Å². The van der Waals surface area contributed by atoms with Gasteiger partial charge in [-0.3, -0.25) is 9.59 Å². The van der Waals surface area contributed by atoms with E-state index in [-0.39, 0.29) is 25.0 Å². The number of amides is 1. The Bertz CT molecular complexity index is 804. The van der Waals surface area contributed by atoms with Crippen molar-refractivity contribution in [3.05, 3.63) is 35.9 Å². The fourth-order valence-electron chi connectivity index (χ4n) is 4.33. The van der Waals surface area contributed by atoms with E-state index < -0.39 is 33.2 Å². The van der Waals surface area contributed by atoms with Crippen LogP contribution < -0.4 is 0 Å². The number of hydrogen-bond acceptors (Lipinski definition) is 4. The van der Waals surface area contributed by atoms with Crippen molar-refractivity contribution in [1.29, 1.82) is 0 Å². The van der Waals surface area contributed by atoms with Gasteiger partial charge in [-0.15, -0.1) is 0 Å². The molecule has 3 saturated heterocycles. The second-order valence-corrected chi connectivity index (χ2v) is 9.17. The van der Waals surface area contributed by atoms with Crippen LogP contribution in [0.3, 0.4) is 0 Å². The summed E-state index contributed by atoms with van der Waals surface area (Å²) < 4.78 is 27.3. The Morgan fingerprint density at radius 1 is 1.08 bits per heavy atom. The lowest BCUT2D eigenvalue weighted by Gasteiger charge is -2.41. The molecule has 0 aromatic heterocycles. The lowest BCUT2D eigenvalue weighted by atomic mass is 9.89. The number of fused-ring (bicyclic) bond motifs is 2. The van der Waals surface area contributed by atoms with Crippen LogP contribution in [0.25, 0.3) is 0 Å². The van der Waals surface area contributed by atoms with Gasteiger partial charge in [0.2, 0.25) is 10.0 Å². The summed E-state index contributed by atoms with van der Waals surface area (Å²) in [6.45, 7) is 0.341. The molecule has 134 valence electrons. The van der Waals surface area contributed by atoms with Crippen LogP contribution in [0.4, 0.5) is 0 Å². The number of sulfonamides is 1. The Morgan fingerprint density at radius 3 is 2.36 bits per heavy atom. The number of benzene rings is 1. The third kappa shape index (κ3) is 2.55. The zero-order valence-corrected chi connectivity index (χ0v) is 14.4. The number of carbonyl (C=O) groups is 2. The van der Waals surface area contributed by atoms with Crippen LogP contribution in [0.5, 0.6) is 0 Å². The van der Waals surface area contributed by atoms with E-state index in [1.165, 1.54) is 9.21 Å². The van der Waals surface area contributed by atoms with Gasteiger partial charge in [-0.25, -0.2) is 8.42 Å². The summed E-state index contributed by atoms with van der Waals surface area (Å²) in [5.74, 6) is -1.68. The molecule has 3 atom stereocenters. The van der Waals surface area contributed by atoms with E-state index >= 15 is 0 Å². The van der Waals surface area contributed by atoms with Crippen molar-refractivity contribution in [3.8, 4) is 0 Å². The lowest BCUT2D eigenvalue weighted by Crippen LogP contribution is -2.60. The number of carboxylic acids is 1. The molecule has 0 spiro atoms. The smallest absolute Gasteiger partial charge is 0.308 e. The van der Waals surface area contributed by atoms with Crippen molar-refractivity contribution in [2.45, 2.75) is 36.6 Å². The molecule has 3 fully saturated rings. The summed E-state index contributed by atoms with van der Waals surface area (Å²) in [5.41, 5.74) is 0.547. The van der Waals surface area contributed by atoms with Crippen LogP contribution in [-0.2, 0) is 14.8 Å². The van der Waals surface area contributed by atoms with Crippen LogP contribution >= 0.6 is 0 Å². The fraction of sp³-hybridized carbons (Fsp3) is 0.529. The van der Waals surface area contributed by atoms with Crippen LogP contribution in [0.2, 0.25) is 0 Å². The first-order valence-electron chi connectivity index (χ1n) is 8.49. The van der Waals surface area contributed by atoms with Crippen LogP contribution in [-0.4, -0.2) is 65.0 Å². The Balaban J connectivity index is 1.45. The Labute approximate surface area is 146 Å². The summed E-state index contributed by atoms with van der Waals surface area (Å²) in [5, 5.41) is 8.67. The molecule has 3 aliphatic heterocycles. The first-order chi connectivity index (χ1) is 11.9. The van der Waals surface area contributed by atoms with Gasteiger partial charge in [-0.2, -0.15) is 4.31 Å². The molecular formula is C17H20N2O5S. The van der Waals surface area contributed by atoms with Gasteiger partial charge in [0.1, 0.15) is 5.25 Å². The minimum absolute atomic E-state index is 0.167. The lowest BCUT2D eigenvalue weighted by molar-refractivity contribution is -0.142. The molecule has 3 unspecified atom stereocenters. The van der Waals surface area contributed by atoms with Crippen molar-refractivity contribution in [2.75, 3.05) is 13.1 Å². The second kappa shape index (κ2) is 5.81. The fourth-order valence-corrected chi connectivity index (χ4v) is 6.65. The highest BCUT2D eigenvalue weighted by Gasteiger charge is 2.57. The molecule has 2 bridgehead atoms. The number of carboxylic acid groups (broad SMARTS) is 1. The van der Waals surface area contributed by atoms with E-state index in [1.807, 2.05) is 6.07 Å². The topological polar surface area (TPSA) is 95.0 Å². The van der Waals surface area contributed by atoms with E-state index in [2.05, 4.69) is 0 Å². The van der Waals surface area contributed by atoms with Gasteiger partial charge in [-0.1, -0.05) is 18.2 Å². The van der Waals surface area contributed by atoms with Crippen molar-refractivity contribution < 1.29 is 23.1 Å².